The van der Waals surface area contributed by atoms with Crippen LogP contribution in [0.1, 0.15) is 168 Å². The SMILES string of the molecule is CC/C=C/C/C=C/C/C=C/C/C=C/C/C=C/CCCCCCCCC(=O)OCC(COCCC(C(=O)O)[N+](C)(C)C)OC(=O)CCCCC/C=C/C/C=C/C/C=C/C/C=C/C/C=C/CC. The minimum atomic E-state index is -0.888. The molecule has 0 saturated carbocycles. The number of nitrogens with zero attached hydrogens (tertiary/aromatic N) is 1. The summed E-state index contributed by atoms with van der Waals surface area (Å²) in [5.74, 6) is -1.54. The molecule has 0 amide bonds. The number of carbonyl (C=O) groups is 3. The predicted octanol–water partition coefficient (Wildman–Crippen LogP) is 14.6. The van der Waals surface area contributed by atoms with Crippen molar-refractivity contribution < 1.29 is 38.2 Å². The Labute approximate surface area is 397 Å². The van der Waals surface area contributed by atoms with Gasteiger partial charge >= 0.3 is 17.9 Å². The standard InChI is InChI=1S/C57H91NO7/c1-6-8-10-12-14-16-18-20-22-24-26-27-28-30-31-33-35-37-39-41-43-45-47-55(59)64-52-53(51-63-50-49-54(57(61)62)58(3,4)5)65-56(60)48-46-44-42-40-38-36-34-32-29-25-23-21-19-17-15-13-11-9-7-2/h8-11,14-17,20-23,26-27,29-32,36,38,53-54H,6-7,12-13,18-19,24-25,28,33-35,37,39-52H2,1-5H3/p+1/b10-8+,11-9+,16-14+,17-15+,22-20+,23-21+,27-26+,31-30+,32-29+,38-36+. The fourth-order valence-electron chi connectivity index (χ4n) is 6.55. The number of carboxylic acid groups (broad SMARTS) is 1. The Bertz CT molecular complexity index is 1470. The molecular formula is C57H92NO7+. The van der Waals surface area contributed by atoms with Crippen molar-refractivity contribution >= 4 is 17.9 Å². The smallest absolute Gasteiger partial charge is 0.362 e. The number of hydrogen-bond donors (Lipinski definition) is 1. The molecule has 0 aliphatic carbocycles. The molecule has 0 spiro atoms. The molecule has 0 heterocycles. The Hall–Kier alpha value is -4.27. The first-order chi connectivity index (χ1) is 31.6. The summed E-state index contributed by atoms with van der Waals surface area (Å²) in [5.41, 5.74) is 0. The first-order valence-electron chi connectivity index (χ1n) is 25.1. The van der Waals surface area contributed by atoms with Crippen molar-refractivity contribution in [2.45, 2.75) is 180 Å². The van der Waals surface area contributed by atoms with Gasteiger partial charge in [0.1, 0.15) is 6.61 Å². The monoisotopic (exact) mass is 903 g/mol. The Morgan fingerprint density at radius 2 is 0.815 bits per heavy atom. The summed E-state index contributed by atoms with van der Waals surface area (Å²) < 4.78 is 17.3. The number of quaternary nitrogens is 1. The van der Waals surface area contributed by atoms with Crippen LogP contribution in [0, 0.1) is 0 Å². The molecule has 8 nitrogen and oxygen atoms in total. The second kappa shape index (κ2) is 46.3. The van der Waals surface area contributed by atoms with E-state index in [0.717, 1.165) is 116 Å². The maximum atomic E-state index is 12.8. The highest BCUT2D eigenvalue weighted by atomic mass is 16.6. The van der Waals surface area contributed by atoms with Crippen molar-refractivity contribution in [3.05, 3.63) is 122 Å². The third-order valence-electron chi connectivity index (χ3n) is 10.4. The predicted molar refractivity (Wildman–Crippen MR) is 275 cm³/mol. The van der Waals surface area contributed by atoms with Gasteiger partial charge in [0.25, 0.3) is 0 Å². The number of rotatable bonds is 43. The van der Waals surface area contributed by atoms with E-state index in [1.165, 1.54) is 12.8 Å². The van der Waals surface area contributed by atoms with Gasteiger partial charge in [0, 0.05) is 19.3 Å². The Balaban J connectivity index is 4.38. The number of carboxylic acids is 1. The molecule has 1 N–H and O–H groups in total. The number of hydrogen-bond acceptors (Lipinski definition) is 6. The van der Waals surface area contributed by atoms with Crippen LogP contribution in [0.2, 0.25) is 0 Å². The van der Waals surface area contributed by atoms with Crippen molar-refractivity contribution in [3.63, 3.8) is 0 Å². The Morgan fingerprint density at radius 1 is 0.462 bits per heavy atom. The molecule has 0 aromatic rings. The van der Waals surface area contributed by atoms with Crippen molar-refractivity contribution in [3.8, 4) is 0 Å². The van der Waals surface area contributed by atoms with Crippen LogP contribution < -0.4 is 0 Å². The quantitative estimate of drug-likeness (QED) is 0.0282. The van der Waals surface area contributed by atoms with Crippen LogP contribution in [-0.4, -0.2) is 80.6 Å². The molecule has 0 aliphatic heterocycles. The number of esters is 2. The van der Waals surface area contributed by atoms with Crippen molar-refractivity contribution in [2.75, 3.05) is 41.0 Å². The molecule has 0 radical (unpaired) electrons. The van der Waals surface area contributed by atoms with Crippen LogP contribution in [0.4, 0.5) is 0 Å². The maximum absolute atomic E-state index is 12.8. The molecule has 0 bridgehead atoms. The van der Waals surface area contributed by atoms with E-state index in [9.17, 15) is 19.5 Å². The fourth-order valence-corrected chi connectivity index (χ4v) is 6.55. The van der Waals surface area contributed by atoms with Crippen LogP contribution in [0.5, 0.6) is 0 Å². The van der Waals surface area contributed by atoms with E-state index < -0.39 is 18.1 Å². The van der Waals surface area contributed by atoms with Gasteiger partial charge in [-0.3, -0.25) is 9.59 Å². The molecule has 2 unspecified atom stereocenters. The van der Waals surface area contributed by atoms with E-state index in [0.29, 0.717) is 19.3 Å². The summed E-state index contributed by atoms with van der Waals surface area (Å²) in [5, 5.41) is 9.65. The molecule has 2 atom stereocenters. The van der Waals surface area contributed by atoms with Crippen molar-refractivity contribution in [2.24, 2.45) is 0 Å². The van der Waals surface area contributed by atoms with Crippen molar-refractivity contribution in [1.82, 2.24) is 0 Å². The molecular weight excluding hydrogens is 811 g/mol. The van der Waals surface area contributed by atoms with E-state index in [1.807, 2.05) is 21.1 Å². The normalized spacial score (nSPS) is 13.9. The van der Waals surface area contributed by atoms with Gasteiger partial charge < -0.3 is 23.8 Å². The number of unbranched alkanes of at least 4 members (excludes halogenated alkanes) is 9. The second-order valence-corrected chi connectivity index (χ2v) is 17.3. The Kier molecular flexibility index (Phi) is 43.2. The van der Waals surface area contributed by atoms with Crippen molar-refractivity contribution in [1.29, 1.82) is 0 Å². The first-order valence-corrected chi connectivity index (χ1v) is 25.1. The van der Waals surface area contributed by atoms with Crippen LogP contribution in [-0.2, 0) is 28.6 Å². The number of carbonyl (C=O) groups excluding carboxylic acids is 2. The minimum Gasteiger partial charge on any atom is -0.477 e. The fraction of sp³-hybridized carbons (Fsp3) is 0.596. The van der Waals surface area contributed by atoms with Crippen LogP contribution in [0.15, 0.2) is 122 Å². The van der Waals surface area contributed by atoms with E-state index in [4.69, 9.17) is 14.2 Å². The molecule has 0 aromatic carbocycles. The summed E-state index contributed by atoms with van der Waals surface area (Å²) in [6.45, 7) is 4.44. The molecule has 0 aromatic heterocycles. The highest BCUT2D eigenvalue weighted by molar-refractivity contribution is 5.72. The van der Waals surface area contributed by atoms with Gasteiger partial charge in [0.15, 0.2) is 12.1 Å². The van der Waals surface area contributed by atoms with E-state index >= 15 is 0 Å². The highest BCUT2D eigenvalue weighted by Crippen LogP contribution is 2.13. The average Bonchev–Trinajstić information content (AvgIpc) is 3.27. The summed E-state index contributed by atoms with van der Waals surface area (Å²) >= 11 is 0. The molecule has 0 rings (SSSR count). The molecule has 65 heavy (non-hydrogen) atoms. The van der Waals surface area contributed by atoms with E-state index in [-0.39, 0.29) is 42.7 Å². The van der Waals surface area contributed by atoms with Gasteiger partial charge in [-0.2, -0.15) is 0 Å². The third-order valence-corrected chi connectivity index (χ3v) is 10.4. The lowest BCUT2D eigenvalue weighted by molar-refractivity contribution is -0.887. The maximum Gasteiger partial charge on any atom is 0.362 e. The summed E-state index contributed by atoms with van der Waals surface area (Å²) in [4.78, 5) is 37.2. The van der Waals surface area contributed by atoms with Gasteiger partial charge in [-0.25, -0.2) is 4.79 Å². The zero-order valence-electron chi connectivity index (χ0n) is 41.6. The lowest BCUT2D eigenvalue weighted by atomic mass is 10.1. The van der Waals surface area contributed by atoms with Crippen LogP contribution >= 0.6 is 0 Å². The highest BCUT2D eigenvalue weighted by Gasteiger charge is 2.31. The average molecular weight is 903 g/mol. The van der Waals surface area contributed by atoms with E-state index in [2.05, 4.69) is 135 Å². The lowest BCUT2D eigenvalue weighted by Gasteiger charge is -2.31. The minimum absolute atomic E-state index is 0.0339. The Morgan fingerprint density at radius 3 is 1.22 bits per heavy atom. The largest absolute Gasteiger partial charge is 0.477 e. The van der Waals surface area contributed by atoms with Gasteiger partial charge in [0.2, 0.25) is 0 Å². The van der Waals surface area contributed by atoms with Crippen LogP contribution in [0.25, 0.3) is 0 Å². The molecule has 8 heteroatoms. The zero-order chi connectivity index (χ0) is 47.7. The van der Waals surface area contributed by atoms with Gasteiger partial charge in [-0.15, -0.1) is 0 Å². The summed E-state index contributed by atoms with van der Waals surface area (Å²) in [6.07, 6.45) is 65.3. The number of ether oxygens (including phenoxy) is 3. The topological polar surface area (TPSA) is 99.1 Å². The first kappa shape index (κ1) is 60.7. The number of allylic oxidation sites excluding steroid dienone is 20. The van der Waals surface area contributed by atoms with Crippen LogP contribution in [0.3, 0.4) is 0 Å². The number of aliphatic carboxylic acids is 1. The molecule has 366 valence electrons. The molecule has 0 saturated heterocycles. The van der Waals surface area contributed by atoms with Gasteiger partial charge in [-0.1, -0.05) is 167 Å². The van der Waals surface area contributed by atoms with Gasteiger partial charge in [-0.05, 0) is 103 Å². The summed E-state index contributed by atoms with van der Waals surface area (Å²) in [7, 11) is 5.50. The second-order valence-electron chi connectivity index (χ2n) is 17.3. The molecule has 0 fully saturated rings. The molecule has 0 aliphatic rings. The zero-order valence-corrected chi connectivity index (χ0v) is 41.6. The summed E-state index contributed by atoms with van der Waals surface area (Å²) in [6, 6.07) is -0.632. The third kappa shape index (κ3) is 44.7. The lowest BCUT2D eigenvalue weighted by Crippen LogP contribution is -2.50. The van der Waals surface area contributed by atoms with E-state index in [1.54, 1.807) is 0 Å². The van der Waals surface area contributed by atoms with Gasteiger partial charge in [0.05, 0.1) is 34.4 Å². The number of likely N-dealkylation sites (N-methyl/N-ethyl adjacent to an activating group) is 1.